The predicted molar refractivity (Wildman–Crippen MR) is 119 cm³/mol. The van der Waals surface area contributed by atoms with Gasteiger partial charge in [-0.1, -0.05) is 88.4 Å². The van der Waals surface area contributed by atoms with Gasteiger partial charge in [0.2, 0.25) is 0 Å². The zero-order chi connectivity index (χ0) is 19.4. The maximum absolute atomic E-state index is 4.93. The molecule has 140 valence electrons. The van der Waals surface area contributed by atoms with Crippen LogP contribution in [0.3, 0.4) is 0 Å². The summed E-state index contributed by atoms with van der Waals surface area (Å²) >= 11 is 0. The summed E-state index contributed by atoms with van der Waals surface area (Å²) in [6.45, 7) is 11.3. The Hall–Kier alpha value is -2.41. The Balaban J connectivity index is 1.82. The van der Waals surface area contributed by atoms with Crippen molar-refractivity contribution in [2.75, 3.05) is 0 Å². The number of rotatable bonds is 6. The van der Waals surface area contributed by atoms with Crippen LogP contribution in [-0.2, 0) is 6.42 Å². The second-order valence-electron chi connectivity index (χ2n) is 8.05. The van der Waals surface area contributed by atoms with E-state index < -0.39 is 0 Å². The van der Waals surface area contributed by atoms with Crippen LogP contribution >= 0.6 is 0 Å². The van der Waals surface area contributed by atoms with Gasteiger partial charge in [0.15, 0.2) is 0 Å². The van der Waals surface area contributed by atoms with Crippen molar-refractivity contribution in [1.82, 2.24) is 0 Å². The first-order valence-electron chi connectivity index (χ1n) is 10.1. The first-order chi connectivity index (χ1) is 13.0. The Kier molecular flexibility index (Phi) is 6.11. The van der Waals surface area contributed by atoms with E-state index in [1.807, 2.05) is 0 Å². The van der Waals surface area contributed by atoms with Crippen LogP contribution in [-0.4, -0.2) is 6.21 Å². The van der Waals surface area contributed by atoms with Gasteiger partial charge in [0, 0.05) is 12.6 Å². The molecule has 0 saturated heterocycles. The highest BCUT2D eigenvalue weighted by Gasteiger charge is 2.17. The normalized spacial score (nSPS) is 13.1. The van der Waals surface area contributed by atoms with Crippen LogP contribution in [0.1, 0.15) is 74.8 Å². The zero-order valence-corrected chi connectivity index (χ0v) is 17.2. The van der Waals surface area contributed by atoms with E-state index in [1.165, 1.54) is 33.0 Å². The van der Waals surface area contributed by atoms with E-state index in [0.717, 1.165) is 6.42 Å². The van der Waals surface area contributed by atoms with Gasteiger partial charge in [0.05, 0.1) is 6.04 Å². The Morgan fingerprint density at radius 2 is 1.37 bits per heavy atom. The molecule has 3 aromatic rings. The van der Waals surface area contributed by atoms with Crippen LogP contribution in [0, 0.1) is 0 Å². The molecule has 0 heterocycles. The van der Waals surface area contributed by atoms with Crippen LogP contribution in [0.4, 0.5) is 0 Å². The summed E-state index contributed by atoms with van der Waals surface area (Å²) in [5.41, 5.74) is 5.58. The molecule has 0 amide bonds. The smallest absolute Gasteiger partial charge is 0.0722 e. The molecule has 0 radical (unpaired) electrons. The van der Waals surface area contributed by atoms with Crippen molar-refractivity contribution in [3.63, 3.8) is 0 Å². The highest BCUT2D eigenvalue weighted by molar-refractivity contribution is 5.83. The Morgan fingerprint density at radius 1 is 0.741 bits per heavy atom. The molecule has 3 aromatic carbocycles. The summed E-state index contributed by atoms with van der Waals surface area (Å²) in [4.78, 5) is 4.93. The molecule has 0 spiro atoms. The third-order valence-electron chi connectivity index (χ3n) is 5.31. The largest absolute Gasteiger partial charge is 0.289 e. The minimum Gasteiger partial charge on any atom is -0.289 e. The van der Waals surface area contributed by atoms with Crippen molar-refractivity contribution < 1.29 is 0 Å². The van der Waals surface area contributed by atoms with E-state index in [0.29, 0.717) is 11.8 Å². The molecule has 1 atom stereocenters. The number of hydrogen-bond acceptors (Lipinski definition) is 1. The van der Waals surface area contributed by atoms with Crippen molar-refractivity contribution in [2.24, 2.45) is 4.99 Å². The topological polar surface area (TPSA) is 12.4 Å². The molecular formula is C26H31N. The third kappa shape index (κ3) is 4.47. The van der Waals surface area contributed by atoms with Gasteiger partial charge in [-0.25, -0.2) is 0 Å². The first kappa shape index (κ1) is 19.4. The predicted octanol–water partition coefficient (Wildman–Crippen LogP) is 7.46. The van der Waals surface area contributed by atoms with Gasteiger partial charge in [0.1, 0.15) is 0 Å². The second kappa shape index (κ2) is 8.52. The minimum atomic E-state index is 0.182. The van der Waals surface area contributed by atoms with Crippen LogP contribution < -0.4 is 0 Å². The van der Waals surface area contributed by atoms with Crippen LogP contribution in [0.5, 0.6) is 0 Å². The van der Waals surface area contributed by atoms with E-state index in [-0.39, 0.29) is 6.04 Å². The van der Waals surface area contributed by atoms with Crippen LogP contribution in [0.15, 0.2) is 65.7 Å². The third-order valence-corrected chi connectivity index (χ3v) is 5.31. The molecule has 0 N–H and O–H groups in total. The molecule has 0 aliphatic carbocycles. The molecule has 1 nitrogen and oxygen atoms in total. The average Bonchev–Trinajstić information content (AvgIpc) is 2.67. The quantitative estimate of drug-likeness (QED) is 0.406. The molecule has 0 fully saturated rings. The SMILES string of the molecule is CC(C)c1cccc(C(C)C)c1C(C)N=CCc1ccc2ccccc2c1. The number of nitrogens with zero attached hydrogens (tertiary/aromatic N) is 1. The fourth-order valence-electron chi connectivity index (χ4n) is 3.85. The molecule has 0 aliphatic rings. The van der Waals surface area contributed by atoms with Gasteiger partial charge in [0.25, 0.3) is 0 Å². The molecule has 0 aromatic heterocycles. The van der Waals surface area contributed by atoms with Gasteiger partial charge in [-0.15, -0.1) is 0 Å². The van der Waals surface area contributed by atoms with E-state index in [4.69, 9.17) is 4.99 Å². The van der Waals surface area contributed by atoms with E-state index in [9.17, 15) is 0 Å². The Morgan fingerprint density at radius 3 is 2.00 bits per heavy atom. The number of fused-ring (bicyclic) bond motifs is 1. The van der Waals surface area contributed by atoms with Gasteiger partial charge in [-0.3, -0.25) is 4.99 Å². The fourth-order valence-corrected chi connectivity index (χ4v) is 3.85. The van der Waals surface area contributed by atoms with Crippen molar-refractivity contribution >= 4 is 17.0 Å². The maximum atomic E-state index is 4.93. The summed E-state index contributed by atoms with van der Waals surface area (Å²) in [7, 11) is 0. The summed E-state index contributed by atoms with van der Waals surface area (Å²) in [5, 5.41) is 2.59. The molecule has 1 unspecified atom stereocenters. The van der Waals surface area contributed by atoms with Crippen molar-refractivity contribution in [3.8, 4) is 0 Å². The number of benzene rings is 3. The molecule has 0 aliphatic heterocycles. The average molecular weight is 358 g/mol. The second-order valence-corrected chi connectivity index (χ2v) is 8.05. The minimum absolute atomic E-state index is 0.182. The van der Waals surface area contributed by atoms with Crippen LogP contribution in [0.2, 0.25) is 0 Å². The van der Waals surface area contributed by atoms with Crippen molar-refractivity contribution in [2.45, 2.75) is 58.9 Å². The Bertz CT molecular complexity index is 908. The number of aliphatic imine (C=N–C) groups is 1. The molecule has 0 bridgehead atoms. The van der Waals surface area contributed by atoms with E-state index in [1.54, 1.807) is 0 Å². The Labute approximate surface area is 164 Å². The van der Waals surface area contributed by atoms with Crippen molar-refractivity contribution in [1.29, 1.82) is 0 Å². The lowest BCUT2D eigenvalue weighted by Crippen LogP contribution is -2.06. The van der Waals surface area contributed by atoms with E-state index >= 15 is 0 Å². The molecule has 0 saturated carbocycles. The number of hydrogen-bond donors (Lipinski definition) is 0. The van der Waals surface area contributed by atoms with Crippen molar-refractivity contribution in [3.05, 3.63) is 82.9 Å². The lowest BCUT2D eigenvalue weighted by Gasteiger charge is -2.22. The lowest BCUT2D eigenvalue weighted by molar-refractivity contribution is 0.731. The molecule has 27 heavy (non-hydrogen) atoms. The molecule has 3 rings (SSSR count). The highest BCUT2D eigenvalue weighted by Crippen LogP contribution is 2.33. The van der Waals surface area contributed by atoms with Gasteiger partial charge >= 0.3 is 0 Å². The summed E-state index contributed by atoms with van der Waals surface area (Å²) < 4.78 is 0. The lowest BCUT2D eigenvalue weighted by atomic mass is 9.85. The summed E-state index contributed by atoms with van der Waals surface area (Å²) in [6, 6.07) is 22.1. The summed E-state index contributed by atoms with van der Waals surface area (Å²) in [5.74, 6) is 1.02. The highest BCUT2D eigenvalue weighted by atomic mass is 14.8. The fraction of sp³-hybridized carbons (Fsp3) is 0.346. The van der Waals surface area contributed by atoms with Gasteiger partial charge in [-0.2, -0.15) is 0 Å². The first-order valence-corrected chi connectivity index (χ1v) is 10.1. The van der Waals surface area contributed by atoms with Crippen LogP contribution in [0.25, 0.3) is 10.8 Å². The molecule has 1 heteroatoms. The monoisotopic (exact) mass is 357 g/mol. The standard InChI is InChI=1S/C26H31N/c1-18(2)24-11-8-12-25(19(3)4)26(24)20(5)27-16-15-21-13-14-22-9-6-7-10-23(22)17-21/h6-14,16-20H,15H2,1-5H3. The summed E-state index contributed by atoms with van der Waals surface area (Å²) in [6.07, 6.45) is 2.96. The molecular weight excluding hydrogens is 326 g/mol. The van der Waals surface area contributed by atoms with Gasteiger partial charge in [-0.05, 0) is 51.8 Å². The zero-order valence-electron chi connectivity index (χ0n) is 17.2. The van der Waals surface area contributed by atoms with Gasteiger partial charge < -0.3 is 0 Å². The van der Waals surface area contributed by atoms with E-state index in [2.05, 4.69) is 101 Å². The maximum Gasteiger partial charge on any atom is 0.0722 e.